The third-order valence-electron chi connectivity index (χ3n) is 2.26. The zero-order valence-corrected chi connectivity index (χ0v) is 6.62. The standard InChI is InChI=1S/C9H12N2/c1-2-7-4-3-5-8-9(7)11-6-10-8/h3-6,8-9H,2H2,1H3,(H,10,11). The van der Waals surface area contributed by atoms with Crippen LogP contribution in [0.3, 0.4) is 0 Å². The molecule has 2 unspecified atom stereocenters. The van der Waals surface area contributed by atoms with E-state index < -0.39 is 0 Å². The Hall–Kier alpha value is -1.05. The van der Waals surface area contributed by atoms with E-state index in [2.05, 4.69) is 35.5 Å². The molecule has 2 aliphatic rings. The third-order valence-corrected chi connectivity index (χ3v) is 2.26. The Labute approximate surface area is 66.7 Å². The molecule has 0 spiro atoms. The number of hydrogen-bond acceptors (Lipinski definition) is 2. The lowest BCUT2D eigenvalue weighted by Crippen LogP contribution is -2.32. The summed E-state index contributed by atoms with van der Waals surface area (Å²) in [5, 5.41) is 3.20. The monoisotopic (exact) mass is 148 g/mol. The van der Waals surface area contributed by atoms with Gasteiger partial charge >= 0.3 is 0 Å². The first kappa shape index (κ1) is 6.65. The molecule has 11 heavy (non-hydrogen) atoms. The van der Waals surface area contributed by atoms with Gasteiger partial charge in [0.05, 0.1) is 18.4 Å². The van der Waals surface area contributed by atoms with Crippen LogP contribution in [0.4, 0.5) is 0 Å². The van der Waals surface area contributed by atoms with E-state index in [0.717, 1.165) is 6.42 Å². The van der Waals surface area contributed by atoms with Crippen molar-refractivity contribution in [3.8, 4) is 0 Å². The van der Waals surface area contributed by atoms with Gasteiger partial charge in [0.1, 0.15) is 0 Å². The summed E-state index contributed by atoms with van der Waals surface area (Å²) in [7, 11) is 0. The van der Waals surface area contributed by atoms with Crippen LogP contribution in [0.25, 0.3) is 0 Å². The van der Waals surface area contributed by atoms with Gasteiger partial charge in [-0.25, -0.2) is 0 Å². The number of nitrogens with one attached hydrogen (secondary N) is 1. The van der Waals surface area contributed by atoms with Crippen molar-refractivity contribution in [1.29, 1.82) is 0 Å². The molecule has 2 nitrogen and oxygen atoms in total. The van der Waals surface area contributed by atoms with E-state index in [0.29, 0.717) is 12.1 Å². The summed E-state index contributed by atoms with van der Waals surface area (Å²) in [6.45, 7) is 2.18. The fourth-order valence-corrected chi connectivity index (χ4v) is 1.60. The van der Waals surface area contributed by atoms with Gasteiger partial charge in [-0.2, -0.15) is 0 Å². The van der Waals surface area contributed by atoms with Gasteiger partial charge in [-0.05, 0) is 12.0 Å². The Morgan fingerprint density at radius 3 is 3.36 bits per heavy atom. The molecule has 2 rings (SSSR count). The lowest BCUT2D eigenvalue weighted by Gasteiger charge is -2.19. The Balaban J connectivity index is 2.25. The fourth-order valence-electron chi connectivity index (χ4n) is 1.60. The first-order valence-corrected chi connectivity index (χ1v) is 4.07. The zero-order valence-electron chi connectivity index (χ0n) is 6.62. The number of aliphatic imine (C=N–C) groups is 1. The first-order valence-electron chi connectivity index (χ1n) is 4.07. The van der Waals surface area contributed by atoms with Crippen molar-refractivity contribution < 1.29 is 0 Å². The maximum atomic E-state index is 4.35. The number of allylic oxidation sites excluding steroid dienone is 2. The minimum absolute atomic E-state index is 0.380. The van der Waals surface area contributed by atoms with Crippen LogP contribution in [0.15, 0.2) is 28.8 Å². The van der Waals surface area contributed by atoms with E-state index in [9.17, 15) is 0 Å². The predicted octanol–water partition coefficient (Wildman–Crippen LogP) is 1.26. The molecule has 0 saturated carbocycles. The third kappa shape index (κ3) is 0.985. The Bertz CT molecular complexity index is 238. The summed E-state index contributed by atoms with van der Waals surface area (Å²) >= 11 is 0. The topological polar surface area (TPSA) is 24.4 Å². The SMILES string of the molecule is CCC1=CC=CC2NC=NC12. The molecule has 0 amide bonds. The molecule has 0 aromatic carbocycles. The Morgan fingerprint density at radius 2 is 2.55 bits per heavy atom. The Kier molecular flexibility index (Phi) is 1.53. The van der Waals surface area contributed by atoms with Crippen LogP contribution in [0, 0.1) is 0 Å². The molecule has 1 heterocycles. The average molecular weight is 148 g/mol. The predicted molar refractivity (Wildman–Crippen MR) is 46.7 cm³/mol. The van der Waals surface area contributed by atoms with Gasteiger partial charge in [0.15, 0.2) is 0 Å². The molecule has 2 atom stereocenters. The summed E-state index contributed by atoms with van der Waals surface area (Å²) in [5.41, 5.74) is 1.43. The van der Waals surface area contributed by atoms with E-state index in [4.69, 9.17) is 0 Å². The lowest BCUT2D eigenvalue weighted by atomic mass is 9.94. The molecule has 1 aliphatic carbocycles. The summed E-state index contributed by atoms with van der Waals surface area (Å²) < 4.78 is 0. The molecule has 0 aromatic heterocycles. The van der Waals surface area contributed by atoms with Crippen LogP contribution in [-0.2, 0) is 0 Å². The number of nitrogens with zero attached hydrogens (tertiary/aromatic N) is 1. The van der Waals surface area contributed by atoms with Crippen LogP contribution in [-0.4, -0.2) is 18.4 Å². The van der Waals surface area contributed by atoms with E-state index in [1.165, 1.54) is 5.57 Å². The quantitative estimate of drug-likeness (QED) is 0.595. The second kappa shape index (κ2) is 2.53. The van der Waals surface area contributed by atoms with Gasteiger partial charge in [-0.1, -0.05) is 25.2 Å². The summed E-state index contributed by atoms with van der Waals surface area (Å²) in [6.07, 6.45) is 9.36. The highest BCUT2D eigenvalue weighted by molar-refractivity contribution is 5.61. The molecule has 2 heteroatoms. The van der Waals surface area contributed by atoms with E-state index >= 15 is 0 Å². The van der Waals surface area contributed by atoms with Crippen LogP contribution in [0.2, 0.25) is 0 Å². The van der Waals surface area contributed by atoms with Crippen molar-refractivity contribution in [2.75, 3.05) is 0 Å². The highest BCUT2D eigenvalue weighted by atomic mass is 15.1. The summed E-state index contributed by atoms with van der Waals surface area (Å²) in [6, 6.07) is 0.806. The van der Waals surface area contributed by atoms with Gasteiger partial charge in [0.2, 0.25) is 0 Å². The summed E-state index contributed by atoms with van der Waals surface area (Å²) in [5.74, 6) is 0. The molecule has 0 radical (unpaired) electrons. The fraction of sp³-hybridized carbons (Fsp3) is 0.444. The van der Waals surface area contributed by atoms with Crippen LogP contribution < -0.4 is 5.32 Å². The number of rotatable bonds is 1. The van der Waals surface area contributed by atoms with Gasteiger partial charge in [-0.15, -0.1) is 0 Å². The van der Waals surface area contributed by atoms with Gasteiger partial charge in [-0.3, -0.25) is 4.99 Å². The van der Waals surface area contributed by atoms with Crippen molar-refractivity contribution >= 4 is 6.34 Å². The van der Waals surface area contributed by atoms with Crippen LogP contribution in [0.1, 0.15) is 13.3 Å². The van der Waals surface area contributed by atoms with Gasteiger partial charge < -0.3 is 5.32 Å². The molecular weight excluding hydrogens is 136 g/mol. The molecule has 58 valence electrons. The maximum absolute atomic E-state index is 4.35. The van der Waals surface area contributed by atoms with Gasteiger partial charge in [0, 0.05) is 0 Å². The highest BCUT2D eigenvalue weighted by Crippen LogP contribution is 2.21. The molecule has 1 N–H and O–H groups in total. The average Bonchev–Trinajstić information content (AvgIpc) is 2.50. The zero-order chi connectivity index (χ0) is 7.68. The van der Waals surface area contributed by atoms with Crippen molar-refractivity contribution in [3.05, 3.63) is 23.8 Å². The molecule has 0 saturated heterocycles. The van der Waals surface area contributed by atoms with Crippen molar-refractivity contribution in [2.45, 2.75) is 25.4 Å². The van der Waals surface area contributed by atoms with Crippen molar-refractivity contribution in [2.24, 2.45) is 4.99 Å². The minimum Gasteiger partial charge on any atom is -0.368 e. The second-order valence-electron chi connectivity index (χ2n) is 2.90. The smallest absolute Gasteiger partial charge is 0.0966 e. The van der Waals surface area contributed by atoms with E-state index in [1.807, 2.05) is 6.34 Å². The second-order valence-corrected chi connectivity index (χ2v) is 2.90. The Morgan fingerprint density at radius 1 is 1.64 bits per heavy atom. The summed E-state index contributed by atoms with van der Waals surface area (Å²) in [4.78, 5) is 4.35. The van der Waals surface area contributed by atoms with Gasteiger partial charge in [0.25, 0.3) is 0 Å². The molecular formula is C9H12N2. The van der Waals surface area contributed by atoms with Crippen molar-refractivity contribution in [3.63, 3.8) is 0 Å². The first-order chi connectivity index (χ1) is 5.42. The normalized spacial score (nSPS) is 33.0. The largest absolute Gasteiger partial charge is 0.368 e. The maximum Gasteiger partial charge on any atom is 0.0966 e. The van der Waals surface area contributed by atoms with E-state index in [1.54, 1.807) is 0 Å². The number of hydrogen-bond donors (Lipinski definition) is 1. The van der Waals surface area contributed by atoms with Crippen molar-refractivity contribution in [1.82, 2.24) is 5.32 Å². The molecule has 0 fully saturated rings. The van der Waals surface area contributed by atoms with E-state index in [-0.39, 0.29) is 0 Å². The van der Waals surface area contributed by atoms with Crippen LogP contribution in [0.5, 0.6) is 0 Å². The van der Waals surface area contributed by atoms with Crippen LogP contribution >= 0.6 is 0 Å². The molecule has 1 aliphatic heterocycles. The lowest BCUT2D eigenvalue weighted by molar-refractivity contribution is 0.649. The number of fused-ring (bicyclic) bond motifs is 1. The molecule has 0 aromatic rings. The highest BCUT2D eigenvalue weighted by Gasteiger charge is 2.25. The molecule has 0 bridgehead atoms. The minimum atomic E-state index is 0.380.